The second-order valence-corrected chi connectivity index (χ2v) is 5.23. The summed E-state index contributed by atoms with van der Waals surface area (Å²) in [6, 6.07) is 2.14. The van der Waals surface area contributed by atoms with Crippen molar-refractivity contribution in [3.63, 3.8) is 0 Å². The van der Waals surface area contributed by atoms with E-state index >= 15 is 0 Å². The fourth-order valence-electron chi connectivity index (χ4n) is 2.70. The molecule has 2 rings (SSSR count). The fourth-order valence-corrected chi connectivity index (χ4v) is 2.70. The minimum atomic E-state index is -0.399. The molecule has 0 radical (unpaired) electrons. The van der Waals surface area contributed by atoms with Crippen LogP contribution in [0.2, 0.25) is 0 Å². The molecule has 0 fully saturated rings. The summed E-state index contributed by atoms with van der Waals surface area (Å²) in [5, 5.41) is 9.18. The number of hydrogen-bond donors (Lipinski definition) is 0. The molecular formula is C14H19N3O2. The summed E-state index contributed by atoms with van der Waals surface area (Å²) >= 11 is 0. The third kappa shape index (κ3) is 2.35. The highest BCUT2D eigenvalue weighted by Gasteiger charge is 2.32. The Morgan fingerprint density at radius 2 is 2.21 bits per heavy atom. The highest BCUT2D eigenvalue weighted by atomic mass is 16.5. The molecular weight excluding hydrogens is 242 g/mol. The van der Waals surface area contributed by atoms with Gasteiger partial charge in [0.2, 0.25) is 0 Å². The van der Waals surface area contributed by atoms with Crippen LogP contribution < -0.4 is 0 Å². The summed E-state index contributed by atoms with van der Waals surface area (Å²) in [7, 11) is 1.39. The molecule has 1 aromatic rings. The number of nitriles is 1. The van der Waals surface area contributed by atoms with Gasteiger partial charge in [-0.1, -0.05) is 13.8 Å². The highest BCUT2D eigenvalue weighted by molar-refractivity contribution is 5.77. The van der Waals surface area contributed by atoms with Crippen LogP contribution in [-0.2, 0) is 22.5 Å². The number of fused-ring (bicyclic) bond motifs is 1. The van der Waals surface area contributed by atoms with Gasteiger partial charge in [-0.15, -0.1) is 0 Å². The molecule has 1 aliphatic rings. The van der Waals surface area contributed by atoms with Crippen LogP contribution in [0, 0.1) is 17.2 Å². The molecule has 5 heteroatoms. The Bertz CT molecular complexity index is 526. The Hall–Kier alpha value is -1.83. The Balaban J connectivity index is 2.52. The van der Waals surface area contributed by atoms with E-state index in [4.69, 9.17) is 4.74 Å². The summed E-state index contributed by atoms with van der Waals surface area (Å²) in [6.45, 7) is 4.77. The third-order valence-electron chi connectivity index (χ3n) is 3.65. The molecule has 1 aliphatic heterocycles. The van der Waals surface area contributed by atoms with Crippen molar-refractivity contribution in [3.05, 3.63) is 17.2 Å². The topological polar surface area (TPSA) is 67.9 Å². The van der Waals surface area contributed by atoms with E-state index in [2.05, 4.69) is 11.1 Å². The highest BCUT2D eigenvalue weighted by Crippen LogP contribution is 2.30. The van der Waals surface area contributed by atoms with Gasteiger partial charge in [0.05, 0.1) is 12.8 Å². The summed E-state index contributed by atoms with van der Waals surface area (Å²) in [5.74, 6) is 0.0994. The molecule has 1 unspecified atom stereocenters. The summed E-state index contributed by atoms with van der Waals surface area (Å²) in [6.07, 6.45) is 3.00. The molecule has 19 heavy (non-hydrogen) atoms. The van der Waals surface area contributed by atoms with Gasteiger partial charge in [-0.2, -0.15) is 5.26 Å². The van der Waals surface area contributed by atoms with Crippen LogP contribution in [0.3, 0.4) is 0 Å². The maximum Gasteiger partial charge on any atom is 0.316 e. The van der Waals surface area contributed by atoms with Gasteiger partial charge in [-0.05, 0) is 25.2 Å². The molecule has 5 nitrogen and oxygen atoms in total. The summed E-state index contributed by atoms with van der Waals surface area (Å²) < 4.78 is 6.93. The van der Waals surface area contributed by atoms with Gasteiger partial charge < -0.3 is 9.30 Å². The third-order valence-corrected chi connectivity index (χ3v) is 3.65. The van der Waals surface area contributed by atoms with Crippen LogP contribution in [0.25, 0.3) is 0 Å². The Morgan fingerprint density at radius 3 is 2.79 bits per heavy atom. The van der Waals surface area contributed by atoms with Gasteiger partial charge in [-0.3, -0.25) is 4.79 Å². The first kappa shape index (κ1) is 13.6. The predicted octanol–water partition coefficient (Wildman–Crippen LogP) is 2.00. The first-order valence-corrected chi connectivity index (χ1v) is 6.67. The smallest absolute Gasteiger partial charge is 0.316 e. The molecule has 102 valence electrons. The number of esters is 1. The number of ether oxygens (including phenoxy) is 1. The van der Waals surface area contributed by atoms with Crippen LogP contribution in [0.1, 0.15) is 49.8 Å². The zero-order valence-corrected chi connectivity index (χ0v) is 11.6. The van der Waals surface area contributed by atoms with E-state index in [9.17, 15) is 10.1 Å². The van der Waals surface area contributed by atoms with E-state index in [1.54, 1.807) is 0 Å². The van der Waals surface area contributed by atoms with Crippen molar-refractivity contribution in [2.45, 2.75) is 45.6 Å². The van der Waals surface area contributed by atoms with Gasteiger partial charge in [0.1, 0.15) is 17.8 Å². The maximum absolute atomic E-state index is 12.0. The molecule has 0 N–H and O–H groups in total. The van der Waals surface area contributed by atoms with Gasteiger partial charge in [0.15, 0.2) is 5.69 Å². The van der Waals surface area contributed by atoms with Crippen molar-refractivity contribution in [2.75, 3.05) is 7.11 Å². The molecule has 0 amide bonds. The van der Waals surface area contributed by atoms with Gasteiger partial charge in [0, 0.05) is 6.54 Å². The number of aromatic nitrogens is 2. The Kier molecular flexibility index (Phi) is 3.89. The standard InChI is InChI=1S/C14H19N3O2/c1-9(2)12(14(18)19-3)13-16-10(8-15)11-6-4-5-7-17(11)13/h9,12H,4-7H2,1-3H3. The van der Waals surface area contributed by atoms with E-state index in [1.807, 2.05) is 18.4 Å². The lowest BCUT2D eigenvalue weighted by molar-refractivity contribution is -0.143. The Labute approximate surface area is 113 Å². The lowest BCUT2D eigenvalue weighted by Crippen LogP contribution is -2.25. The number of carbonyl (C=O) groups is 1. The van der Waals surface area contributed by atoms with Crippen LogP contribution in [-0.4, -0.2) is 22.6 Å². The van der Waals surface area contributed by atoms with Crippen molar-refractivity contribution in [1.29, 1.82) is 5.26 Å². The number of carbonyl (C=O) groups excluding carboxylic acids is 1. The monoisotopic (exact) mass is 261 g/mol. The van der Waals surface area contributed by atoms with Crippen molar-refractivity contribution >= 4 is 5.97 Å². The summed E-state index contributed by atoms with van der Waals surface area (Å²) in [4.78, 5) is 16.4. The maximum atomic E-state index is 12.0. The zero-order chi connectivity index (χ0) is 14.0. The van der Waals surface area contributed by atoms with Crippen molar-refractivity contribution in [2.24, 2.45) is 5.92 Å². The Morgan fingerprint density at radius 1 is 1.47 bits per heavy atom. The predicted molar refractivity (Wildman–Crippen MR) is 69.5 cm³/mol. The van der Waals surface area contributed by atoms with E-state index in [0.29, 0.717) is 11.5 Å². The first-order chi connectivity index (χ1) is 9.10. The quantitative estimate of drug-likeness (QED) is 0.780. The van der Waals surface area contributed by atoms with Crippen molar-refractivity contribution in [1.82, 2.24) is 9.55 Å². The number of imidazole rings is 1. The van der Waals surface area contributed by atoms with Crippen LogP contribution in [0.4, 0.5) is 0 Å². The molecule has 2 heterocycles. The van der Waals surface area contributed by atoms with Crippen molar-refractivity contribution < 1.29 is 9.53 Å². The number of nitrogens with zero attached hydrogens (tertiary/aromatic N) is 3. The average molecular weight is 261 g/mol. The lowest BCUT2D eigenvalue weighted by Gasteiger charge is -2.22. The minimum absolute atomic E-state index is 0.0902. The number of methoxy groups -OCH3 is 1. The van der Waals surface area contributed by atoms with Gasteiger partial charge in [-0.25, -0.2) is 4.98 Å². The minimum Gasteiger partial charge on any atom is -0.468 e. The second-order valence-electron chi connectivity index (χ2n) is 5.23. The van der Waals surface area contributed by atoms with E-state index in [1.165, 1.54) is 7.11 Å². The largest absolute Gasteiger partial charge is 0.468 e. The van der Waals surface area contributed by atoms with Gasteiger partial charge in [0.25, 0.3) is 0 Å². The number of rotatable bonds is 3. The van der Waals surface area contributed by atoms with E-state index in [-0.39, 0.29) is 11.9 Å². The number of hydrogen-bond acceptors (Lipinski definition) is 4. The molecule has 0 aromatic carbocycles. The van der Waals surface area contributed by atoms with Crippen molar-refractivity contribution in [3.8, 4) is 6.07 Å². The van der Waals surface area contributed by atoms with E-state index in [0.717, 1.165) is 31.5 Å². The average Bonchev–Trinajstić information content (AvgIpc) is 2.77. The van der Waals surface area contributed by atoms with Crippen LogP contribution >= 0.6 is 0 Å². The molecule has 1 aromatic heterocycles. The first-order valence-electron chi connectivity index (χ1n) is 6.67. The molecule has 0 saturated carbocycles. The summed E-state index contributed by atoms with van der Waals surface area (Å²) in [5.41, 5.74) is 1.43. The fraction of sp³-hybridized carbons (Fsp3) is 0.643. The SMILES string of the molecule is COC(=O)C(c1nc(C#N)c2n1CCCC2)C(C)C. The van der Waals surface area contributed by atoms with Crippen LogP contribution in [0.5, 0.6) is 0 Å². The molecule has 0 bridgehead atoms. The lowest BCUT2D eigenvalue weighted by atomic mass is 9.94. The molecule has 0 aliphatic carbocycles. The van der Waals surface area contributed by atoms with E-state index < -0.39 is 5.92 Å². The molecule has 1 atom stereocenters. The normalized spacial score (nSPS) is 15.7. The second kappa shape index (κ2) is 5.43. The van der Waals surface area contributed by atoms with Gasteiger partial charge >= 0.3 is 5.97 Å². The molecule has 0 spiro atoms. The zero-order valence-electron chi connectivity index (χ0n) is 11.6. The molecule has 0 saturated heterocycles. The van der Waals surface area contributed by atoms with Crippen LogP contribution in [0.15, 0.2) is 0 Å².